The van der Waals surface area contributed by atoms with E-state index in [4.69, 9.17) is 9.47 Å². The average molecular weight is 624 g/mol. The van der Waals surface area contributed by atoms with E-state index in [1.807, 2.05) is 0 Å². The molecule has 2 aliphatic carbocycles. The van der Waals surface area contributed by atoms with E-state index in [2.05, 4.69) is 5.32 Å². The van der Waals surface area contributed by atoms with Gasteiger partial charge in [0.05, 0.1) is 17.7 Å². The first kappa shape index (κ1) is 30.2. The molecule has 46 heavy (non-hydrogen) atoms. The van der Waals surface area contributed by atoms with E-state index in [0.717, 1.165) is 0 Å². The molecule has 0 saturated heterocycles. The Morgan fingerprint density at radius 3 is 1.54 bits per heavy atom. The SMILES string of the molecule is O=C(Cc1ccc(-c2ccc(NC(=O)OCCF)c3c2C(=O)c2ccccc2C3=O)c2c1C(=O)c1ccccc1C2=O)OCCF. The molecular weight excluding hydrogens is 600 g/mol. The average Bonchev–Trinajstić information content (AvgIpc) is 3.07. The van der Waals surface area contributed by atoms with Gasteiger partial charge in [0.25, 0.3) is 0 Å². The van der Waals surface area contributed by atoms with Crippen LogP contribution in [0, 0.1) is 0 Å². The smallest absolute Gasteiger partial charge is 0.411 e. The molecule has 0 aliphatic heterocycles. The molecule has 2 aliphatic rings. The summed E-state index contributed by atoms with van der Waals surface area (Å²) in [6.07, 6.45) is -1.48. The molecule has 0 radical (unpaired) electrons. The third-order valence-electron chi connectivity index (χ3n) is 7.75. The zero-order valence-electron chi connectivity index (χ0n) is 24.0. The highest BCUT2D eigenvalue weighted by Crippen LogP contribution is 2.43. The van der Waals surface area contributed by atoms with E-state index in [-0.39, 0.29) is 66.9 Å². The number of amides is 1. The number of rotatable bonds is 8. The minimum Gasteiger partial charge on any atom is -0.463 e. The van der Waals surface area contributed by atoms with Crippen molar-refractivity contribution in [3.8, 4) is 11.1 Å². The van der Waals surface area contributed by atoms with Gasteiger partial charge < -0.3 is 9.47 Å². The zero-order valence-corrected chi connectivity index (χ0v) is 24.0. The second-order valence-electron chi connectivity index (χ2n) is 10.4. The summed E-state index contributed by atoms with van der Waals surface area (Å²) in [5.41, 5.74) is 0.232. The Morgan fingerprint density at radius 2 is 1.00 bits per heavy atom. The molecule has 1 amide bonds. The number of nitrogens with one attached hydrogen (secondary N) is 1. The number of carbonyl (C=O) groups is 6. The van der Waals surface area contributed by atoms with Crippen LogP contribution in [-0.4, -0.2) is 61.8 Å². The van der Waals surface area contributed by atoms with E-state index < -0.39 is 68.2 Å². The molecule has 0 aromatic heterocycles. The highest BCUT2D eigenvalue weighted by molar-refractivity contribution is 6.34. The number of halogens is 2. The number of benzene rings is 4. The number of fused-ring (bicyclic) bond motifs is 4. The summed E-state index contributed by atoms with van der Waals surface area (Å²) in [4.78, 5) is 80.9. The number of ether oxygens (including phenoxy) is 2. The lowest BCUT2D eigenvalue weighted by molar-refractivity contribution is -0.143. The summed E-state index contributed by atoms with van der Waals surface area (Å²) in [7, 11) is 0. The van der Waals surface area contributed by atoms with E-state index in [1.54, 1.807) is 24.3 Å². The Kier molecular flexibility index (Phi) is 8.06. The van der Waals surface area contributed by atoms with Gasteiger partial charge in [0, 0.05) is 38.9 Å². The van der Waals surface area contributed by atoms with Crippen molar-refractivity contribution in [1.29, 1.82) is 0 Å². The summed E-state index contributed by atoms with van der Waals surface area (Å²) in [5, 5.41) is 2.40. The Morgan fingerprint density at radius 1 is 0.543 bits per heavy atom. The fourth-order valence-electron chi connectivity index (χ4n) is 5.85. The van der Waals surface area contributed by atoms with Crippen LogP contribution in [0.2, 0.25) is 0 Å². The molecule has 6 rings (SSSR count). The maximum Gasteiger partial charge on any atom is 0.411 e. The number of hydrogen-bond donors (Lipinski definition) is 1. The summed E-state index contributed by atoms with van der Waals surface area (Å²) in [6.45, 7) is -2.83. The molecule has 0 spiro atoms. The molecule has 4 aromatic carbocycles. The van der Waals surface area contributed by atoms with Gasteiger partial charge in [-0.05, 0) is 22.8 Å². The topological polar surface area (TPSA) is 133 Å². The lowest BCUT2D eigenvalue weighted by atomic mass is 9.75. The number of ketones is 4. The van der Waals surface area contributed by atoms with Crippen molar-refractivity contribution in [2.75, 3.05) is 31.9 Å². The largest absolute Gasteiger partial charge is 0.463 e. The van der Waals surface area contributed by atoms with Crippen molar-refractivity contribution < 1.29 is 47.0 Å². The van der Waals surface area contributed by atoms with E-state index in [0.29, 0.717) is 0 Å². The second kappa shape index (κ2) is 12.3. The molecule has 0 bridgehead atoms. The molecule has 0 fully saturated rings. The highest BCUT2D eigenvalue weighted by atomic mass is 19.1. The van der Waals surface area contributed by atoms with Crippen molar-refractivity contribution in [2.45, 2.75) is 6.42 Å². The van der Waals surface area contributed by atoms with E-state index in [1.165, 1.54) is 48.5 Å². The first-order chi connectivity index (χ1) is 22.3. The van der Waals surface area contributed by atoms with Gasteiger partial charge in [0.2, 0.25) is 0 Å². The lowest BCUT2D eigenvalue weighted by Gasteiger charge is -2.26. The standard InChI is InChI=1S/C35H23F2NO8/c36-13-15-45-26(39)17-18-9-10-19(28-27(18)31(40)21-5-1-2-6-22(21)32(28)41)20-11-12-25(38-35(44)46-16-14-37)30-29(20)33(42)23-7-3-4-8-24(23)34(30)43/h1-12H,13-17H2,(H,38,44). The van der Waals surface area contributed by atoms with Crippen LogP contribution in [0.15, 0.2) is 72.8 Å². The van der Waals surface area contributed by atoms with Crippen LogP contribution in [0.1, 0.15) is 69.2 Å². The quantitative estimate of drug-likeness (QED) is 0.221. The molecular formula is C35H23F2NO8. The van der Waals surface area contributed by atoms with Gasteiger partial charge in [0.15, 0.2) is 23.1 Å². The third kappa shape index (κ3) is 5.05. The predicted octanol–water partition coefficient (Wildman–Crippen LogP) is 5.48. The number of hydrogen-bond acceptors (Lipinski definition) is 8. The number of alkyl halides is 2. The van der Waals surface area contributed by atoms with Crippen LogP contribution >= 0.6 is 0 Å². The van der Waals surface area contributed by atoms with Crippen molar-refractivity contribution in [1.82, 2.24) is 0 Å². The third-order valence-corrected chi connectivity index (χ3v) is 7.75. The van der Waals surface area contributed by atoms with Crippen LogP contribution in [-0.2, 0) is 20.7 Å². The molecule has 0 atom stereocenters. The van der Waals surface area contributed by atoms with Gasteiger partial charge in [-0.25, -0.2) is 13.6 Å². The summed E-state index contributed by atoms with van der Waals surface area (Å²) in [5.74, 6) is -3.09. The molecule has 0 saturated carbocycles. The van der Waals surface area contributed by atoms with Crippen molar-refractivity contribution in [2.24, 2.45) is 0 Å². The molecule has 4 aromatic rings. The molecule has 0 unspecified atom stereocenters. The Hall–Kier alpha value is -5.84. The van der Waals surface area contributed by atoms with Crippen LogP contribution in [0.4, 0.5) is 19.3 Å². The van der Waals surface area contributed by atoms with Crippen molar-refractivity contribution in [3.05, 3.63) is 123 Å². The fourth-order valence-corrected chi connectivity index (χ4v) is 5.85. The summed E-state index contributed by atoms with van der Waals surface area (Å²) >= 11 is 0. The zero-order chi connectivity index (χ0) is 32.5. The first-order valence-corrected chi connectivity index (χ1v) is 14.2. The van der Waals surface area contributed by atoms with Crippen LogP contribution in [0.5, 0.6) is 0 Å². The molecule has 230 valence electrons. The number of esters is 1. The van der Waals surface area contributed by atoms with Gasteiger partial charge in [-0.3, -0.25) is 29.3 Å². The highest BCUT2D eigenvalue weighted by Gasteiger charge is 2.38. The monoisotopic (exact) mass is 623 g/mol. The fraction of sp³-hybridized carbons (Fsp3) is 0.143. The molecule has 9 nitrogen and oxygen atoms in total. The molecule has 1 N–H and O–H groups in total. The van der Waals surface area contributed by atoms with Gasteiger partial charge in [-0.15, -0.1) is 0 Å². The summed E-state index contributed by atoms with van der Waals surface area (Å²) in [6, 6.07) is 17.9. The van der Waals surface area contributed by atoms with Crippen molar-refractivity contribution >= 4 is 40.9 Å². The maximum atomic E-state index is 14.1. The van der Waals surface area contributed by atoms with Crippen LogP contribution < -0.4 is 5.32 Å². The van der Waals surface area contributed by atoms with Gasteiger partial charge in [-0.2, -0.15) is 0 Å². The summed E-state index contributed by atoms with van der Waals surface area (Å²) < 4.78 is 34.9. The van der Waals surface area contributed by atoms with Gasteiger partial charge >= 0.3 is 12.1 Å². The Labute approximate surface area is 260 Å². The number of anilines is 1. The van der Waals surface area contributed by atoms with Gasteiger partial charge in [0.1, 0.15) is 26.6 Å². The van der Waals surface area contributed by atoms with E-state index >= 15 is 0 Å². The normalized spacial score (nSPS) is 12.9. The Bertz CT molecular complexity index is 1860. The first-order valence-electron chi connectivity index (χ1n) is 14.2. The molecule has 0 heterocycles. The number of carbonyl (C=O) groups excluding carboxylic acids is 6. The lowest BCUT2D eigenvalue weighted by Crippen LogP contribution is -2.27. The maximum absolute atomic E-state index is 14.1. The minimum atomic E-state index is -1.05. The van der Waals surface area contributed by atoms with Crippen LogP contribution in [0.3, 0.4) is 0 Å². The van der Waals surface area contributed by atoms with Crippen LogP contribution in [0.25, 0.3) is 11.1 Å². The minimum absolute atomic E-state index is 0.0793. The molecule has 11 heteroatoms. The van der Waals surface area contributed by atoms with Crippen molar-refractivity contribution in [3.63, 3.8) is 0 Å². The van der Waals surface area contributed by atoms with E-state index in [9.17, 15) is 37.5 Å². The van der Waals surface area contributed by atoms with Gasteiger partial charge in [-0.1, -0.05) is 66.7 Å². The Balaban J connectivity index is 1.59. The predicted molar refractivity (Wildman–Crippen MR) is 160 cm³/mol. The second-order valence-corrected chi connectivity index (χ2v) is 10.4.